The van der Waals surface area contributed by atoms with Crippen molar-refractivity contribution in [1.29, 1.82) is 0 Å². The number of carbonyl (C=O) groups is 1. The van der Waals surface area contributed by atoms with Crippen LogP contribution in [-0.2, 0) is 4.74 Å². The quantitative estimate of drug-likeness (QED) is 0.779. The second kappa shape index (κ2) is 8.62. The van der Waals surface area contributed by atoms with E-state index in [-0.39, 0.29) is 11.9 Å². The van der Waals surface area contributed by atoms with Gasteiger partial charge in [-0.05, 0) is 24.6 Å². The molecule has 1 saturated heterocycles. The summed E-state index contributed by atoms with van der Waals surface area (Å²) in [5.74, 6) is -0.224. The van der Waals surface area contributed by atoms with Crippen molar-refractivity contribution in [2.24, 2.45) is 0 Å². The number of carbonyl (C=O) groups excluding carboxylic acids is 1. The second-order valence-electron chi connectivity index (χ2n) is 5.87. The summed E-state index contributed by atoms with van der Waals surface area (Å²) in [6.45, 7) is 3.71. The van der Waals surface area contributed by atoms with Crippen molar-refractivity contribution in [2.45, 2.75) is 12.5 Å². The number of rotatable bonds is 5. The fourth-order valence-corrected chi connectivity index (χ4v) is 3.84. The SMILES string of the molecule is Nc1ccc(Cl)c(C(=O)NCC(c2cncs2)N2CCCOCC2)c1. The maximum atomic E-state index is 12.5. The van der Waals surface area contributed by atoms with Gasteiger partial charge in [0.1, 0.15) is 0 Å². The zero-order chi connectivity index (χ0) is 17.6. The molecular weight excluding hydrogens is 360 g/mol. The molecule has 1 aromatic heterocycles. The van der Waals surface area contributed by atoms with Crippen LogP contribution in [0.4, 0.5) is 5.69 Å². The highest BCUT2D eigenvalue weighted by molar-refractivity contribution is 7.09. The number of nitrogens with two attached hydrogens (primary N) is 1. The molecule has 3 rings (SSSR count). The normalized spacial score (nSPS) is 17.0. The predicted molar refractivity (Wildman–Crippen MR) is 100 cm³/mol. The Labute approximate surface area is 155 Å². The average molecular weight is 381 g/mol. The minimum Gasteiger partial charge on any atom is -0.399 e. The summed E-state index contributed by atoms with van der Waals surface area (Å²) in [6, 6.07) is 4.98. The Morgan fingerprint density at radius 3 is 3.12 bits per heavy atom. The van der Waals surface area contributed by atoms with Crippen LogP contribution >= 0.6 is 22.9 Å². The third kappa shape index (κ3) is 4.70. The van der Waals surface area contributed by atoms with Crippen LogP contribution in [-0.4, -0.2) is 48.6 Å². The van der Waals surface area contributed by atoms with E-state index >= 15 is 0 Å². The van der Waals surface area contributed by atoms with Gasteiger partial charge in [0.25, 0.3) is 5.91 Å². The van der Waals surface area contributed by atoms with E-state index in [1.165, 1.54) is 0 Å². The van der Waals surface area contributed by atoms with Gasteiger partial charge < -0.3 is 15.8 Å². The van der Waals surface area contributed by atoms with Gasteiger partial charge in [0.05, 0.1) is 28.7 Å². The van der Waals surface area contributed by atoms with Crippen molar-refractivity contribution in [3.63, 3.8) is 0 Å². The number of nitrogens with zero attached hydrogens (tertiary/aromatic N) is 2. The van der Waals surface area contributed by atoms with Gasteiger partial charge in [-0.25, -0.2) is 0 Å². The molecule has 2 heterocycles. The Kier molecular flexibility index (Phi) is 6.25. The molecule has 134 valence electrons. The standard InChI is InChI=1S/C17H21ClN4O2S/c18-14-3-2-12(19)8-13(14)17(23)21-9-15(16-10-20-11-25-16)22-4-1-6-24-7-5-22/h2-3,8,10-11,15H,1,4-7,9,19H2,(H,21,23). The molecule has 0 aliphatic carbocycles. The Morgan fingerprint density at radius 2 is 2.32 bits per heavy atom. The van der Waals surface area contributed by atoms with Gasteiger partial charge in [0.2, 0.25) is 0 Å². The van der Waals surface area contributed by atoms with Gasteiger partial charge >= 0.3 is 0 Å². The van der Waals surface area contributed by atoms with Crippen molar-refractivity contribution in [3.05, 3.63) is 45.4 Å². The molecule has 8 heteroatoms. The zero-order valence-electron chi connectivity index (χ0n) is 13.8. The van der Waals surface area contributed by atoms with E-state index in [9.17, 15) is 4.79 Å². The number of anilines is 1. The van der Waals surface area contributed by atoms with Crippen molar-refractivity contribution >= 4 is 34.5 Å². The molecule has 3 N–H and O–H groups in total. The van der Waals surface area contributed by atoms with E-state index in [4.69, 9.17) is 22.1 Å². The lowest BCUT2D eigenvalue weighted by Gasteiger charge is -2.29. The molecular formula is C17H21ClN4O2S. The number of hydrogen-bond acceptors (Lipinski definition) is 6. The summed E-state index contributed by atoms with van der Waals surface area (Å²) in [5, 5.41) is 3.38. The lowest BCUT2D eigenvalue weighted by atomic mass is 10.1. The molecule has 0 spiro atoms. The number of nitrogen functional groups attached to an aromatic ring is 1. The fourth-order valence-electron chi connectivity index (χ4n) is 2.88. The number of hydrogen-bond donors (Lipinski definition) is 2. The van der Waals surface area contributed by atoms with Gasteiger partial charge in [0, 0.05) is 43.0 Å². The first-order valence-corrected chi connectivity index (χ1v) is 9.44. The van der Waals surface area contributed by atoms with E-state index in [1.54, 1.807) is 29.5 Å². The summed E-state index contributed by atoms with van der Waals surface area (Å²) in [5.41, 5.74) is 8.48. The molecule has 1 aromatic carbocycles. The largest absolute Gasteiger partial charge is 0.399 e. The van der Waals surface area contributed by atoms with Crippen LogP contribution in [0.15, 0.2) is 29.9 Å². The van der Waals surface area contributed by atoms with E-state index in [1.807, 2.05) is 11.7 Å². The Hall–Kier alpha value is -1.67. The summed E-state index contributed by atoms with van der Waals surface area (Å²) in [6.07, 6.45) is 2.84. The number of halogens is 1. The number of thiazole rings is 1. The summed E-state index contributed by atoms with van der Waals surface area (Å²) in [7, 11) is 0. The minimum absolute atomic E-state index is 0.0676. The molecule has 0 bridgehead atoms. The Balaban J connectivity index is 1.72. The van der Waals surface area contributed by atoms with Crippen LogP contribution in [0, 0.1) is 0 Å². The van der Waals surface area contributed by atoms with Crippen molar-refractivity contribution in [1.82, 2.24) is 15.2 Å². The molecule has 0 radical (unpaired) electrons. The number of aromatic nitrogens is 1. The topological polar surface area (TPSA) is 80.5 Å². The third-order valence-electron chi connectivity index (χ3n) is 4.17. The van der Waals surface area contributed by atoms with Crippen LogP contribution < -0.4 is 11.1 Å². The first-order chi connectivity index (χ1) is 12.1. The summed E-state index contributed by atoms with van der Waals surface area (Å²) in [4.78, 5) is 20.2. The van der Waals surface area contributed by atoms with Gasteiger partial charge in [0.15, 0.2) is 0 Å². The van der Waals surface area contributed by atoms with Crippen LogP contribution in [0.3, 0.4) is 0 Å². The first-order valence-electron chi connectivity index (χ1n) is 8.18. The zero-order valence-corrected chi connectivity index (χ0v) is 15.4. The molecule has 25 heavy (non-hydrogen) atoms. The van der Waals surface area contributed by atoms with E-state index in [2.05, 4.69) is 15.2 Å². The number of benzene rings is 1. The average Bonchev–Trinajstić information content (AvgIpc) is 3.00. The molecule has 1 fully saturated rings. The highest BCUT2D eigenvalue weighted by atomic mass is 35.5. The third-order valence-corrected chi connectivity index (χ3v) is 5.37. The lowest BCUT2D eigenvalue weighted by molar-refractivity contribution is 0.0929. The van der Waals surface area contributed by atoms with Crippen LogP contribution in [0.5, 0.6) is 0 Å². The van der Waals surface area contributed by atoms with Gasteiger partial charge in [-0.3, -0.25) is 14.7 Å². The highest BCUT2D eigenvalue weighted by Gasteiger charge is 2.24. The van der Waals surface area contributed by atoms with E-state index in [0.717, 1.165) is 31.0 Å². The van der Waals surface area contributed by atoms with Gasteiger partial charge in [-0.15, -0.1) is 11.3 Å². The molecule has 1 amide bonds. The van der Waals surface area contributed by atoms with Crippen molar-refractivity contribution < 1.29 is 9.53 Å². The van der Waals surface area contributed by atoms with Crippen LogP contribution in [0.1, 0.15) is 27.7 Å². The predicted octanol–water partition coefficient (Wildman–Crippen LogP) is 2.57. The van der Waals surface area contributed by atoms with Crippen molar-refractivity contribution in [3.8, 4) is 0 Å². The number of amides is 1. The van der Waals surface area contributed by atoms with E-state index < -0.39 is 0 Å². The number of ether oxygens (including phenoxy) is 1. The second-order valence-corrected chi connectivity index (χ2v) is 7.20. The molecule has 1 aliphatic heterocycles. The monoisotopic (exact) mass is 380 g/mol. The van der Waals surface area contributed by atoms with Crippen LogP contribution in [0.25, 0.3) is 0 Å². The number of nitrogens with one attached hydrogen (secondary N) is 1. The van der Waals surface area contributed by atoms with Crippen LogP contribution in [0.2, 0.25) is 5.02 Å². The summed E-state index contributed by atoms with van der Waals surface area (Å²) < 4.78 is 5.54. The van der Waals surface area contributed by atoms with E-state index in [0.29, 0.717) is 29.4 Å². The molecule has 2 aromatic rings. The van der Waals surface area contributed by atoms with Gasteiger partial charge in [-0.1, -0.05) is 11.6 Å². The molecule has 0 saturated carbocycles. The molecule has 1 unspecified atom stereocenters. The fraction of sp³-hybridized carbons (Fsp3) is 0.412. The Morgan fingerprint density at radius 1 is 1.44 bits per heavy atom. The van der Waals surface area contributed by atoms with Crippen molar-refractivity contribution in [2.75, 3.05) is 38.6 Å². The molecule has 1 atom stereocenters. The van der Waals surface area contributed by atoms with Gasteiger partial charge in [-0.2, -0.15) is 0 Å². The maximum Gasteiger partial charge on any atom is 0.252 e. The molecule has 1 aliphatic rings. The lowest BCUT2D eigenvalue weighted by Crippen LogP contribution is -2.39. The maximum absolute atomic E-state index is 12.5. The summed E-state index contributed by atoms with van der Waals surface area (Å²) >= 11 is 7.72. The molecule has 6 nitrogen and oxygen atoms in total. The Bertz CT molecular complexity index is 703. The minimum atomic E-state index is -0.224. The smallest absolute Gasteiger partial charge is 0.252 e. The first kappa shape index (κ1) is 18.1. The highest BCUT2D eigenvalue weighted by Crippen LogP contribution is 2.25.